The number of hydrogen-bond acceptors (Lipinski definition) is 4. The van der Waals surface area contributed by atoms with E-state index in [-0.39, 0.29) is 18.4 Å². The summed E-state index contributed by atoms with van der Waals surface area (Å²) in [6.07, 6.45) is 0.622. The van der Waals surface area contributed by atoms with Gasteiger partial charge >= 0.3 is 5.97 Å². The van der Waals surface area contributed by atoms with Crippen LogP contribution >= 0.6 is 0 Å². The highest BCUT2D eigenvalue weighted by molar-refractivity contribution is 5.76. The van der Waals surface area contributed by atoms with E-state index in [1.165, 1.54) is 6.92 Å². The average Bonchev–Trinajstić information content (AvgIpc) is 2.21. The largest absolute Gasteiger partial charge is 0.481 e. The Morgan fingerprint density at radius 3 is 2.53 bits per heavy atom. The summed E-state index contributed by atoms with van der Waals surface area (Å²) >= 11 is 0. The maximum absolute atomic E-state index is 11.4. The molecule has 17 heavy (non-hydrogen) atoms. The van der Waals surface area contributed by atoms with E-state index in [0.717, 1.165) is 0 Å². The van der Waals surface area contributed by atoms with Crippen molar-refractivity contribution in [3.05, 3.63) is 0 Å². The fraction of sp³-hybridized carbons (Fsp3) is 0.818. The third kappa shape index (κ3) is 8.65. The van der Waals surface area contributed by atoms with Crippen molar-refractivity contribution in [1.29, 1.82) is 0 Å². The summed E-state index contributed by atoms with van der Waals surface area (Å²) in [5.74, 6) is -1.02. The van der Waals surface area contributed by atoms with Gasteiger partial charge < -0.3 is 21.3 Å². The number of carbonyl (C=O) groups is 2. The Hall–Kier alpha value is -1.14. The predicted octanol–water partition coefficient (Wildman–Crippen LogP) is -0.297. The highest BCUT2D eigenvalue weighted by Crippen LogP contribution is 2.08. The van der Waals surface area contributed by atoms with Crippen LogP contribution in [-0.2, 0) is 9.59 Å². The lowest BCUT2D eigenvalue weighted by atomic mass is 10.0. The molecule has 0 aromatic heterocycles. The molecule has 0 radical (unpaired) electrons. The lowest BCUT2D eigenvalue weighted by Crippen LogP contribution is -2.42. The molecule has 0 aliphatic rings. The average molecular weight is 246 g/mol. The summed E-state index contributed by atoms with van der Waals surface area (Å²) in [6, 6.07) is 0. The van der Waals surface area contributed by atoms with Crippen LogP contribution in [0.15, 0.2) is 0 Å². The molecule has 0 aliphatic heterocycles. The van der Waals surface area contributed by atoms with Crippen LogP contribution in [0.2, 0.25) is 0 Å². The van der Waals surface area contributed by atoms with Crippen molar-refractivity contribution in [3.8, 4) is 0 Å². The second-order valence-corrected chi connectivity index (χ2v) is 4.72. The molecule has 0 heterocycles. The van der Waals surface area contributed by atoms with Crippen LogP contribution in [0.3, 0.4) is 0 Å². The van der Waals surface area contributed by atoms with Crippen molar-refractivity contribution >= 4 is 11.9 Å². The van der Waals surface area contributed by atoms with Crippen molar-refractivity contribution in [2.24, 2.45) is 11.7 Å². The Morgan fingerprint density at radius 1 is 1.47 bits per heavy atom. The number of nitrogens with two attached hydrogens (primary N) is 1. The SMILES string of the molecule is CC(CN)CCC(=O)NCC(C)(O)CC(=O)O. The van der Waals surface area contributed by atoms with Crippen LogP contribution in [0, 0.1) is 5.92 Å². The van der Waals surface area contributed by atoms with Gasteiger partial charge in [-0.05, 0) is 25.8 Å². The van der Waals surface area contributed by atoms with Gasteiger partial charge in [-0.2, -0.15) is 0 Å². The number of carbonyl (C=O) groups excluding carboxylic acids is 1. The first-order valence-corrected chi connectivity index (χ1v) is 5.68. The maximum atomic E-state index is 11.4. The molecule has 0 aromatic rings. The fourth-order valence-electron chi connectivity index (χ4n) is 1.26. The van der Waals surface area contributed by atoms with Crippen LogP contribution in [0.1, 0.15) is 33.1 Å². The highest BCUT2D eigenvalue weighted by atomic mass is 16.4. The number of carboxylic acid groups (broad SMARTS) is 1. The first kappa shape index (κ1) is 15.9. The number of aliphatic hydroxyl groups is 1. The minimum atomic E-state index is -1.42. The minimum Gasteiger partial charge on any atom is -0.481 e. The number of carboxylic acids is 1. The predicted molar refractivity (Wildman–Crippen MR) is 63.3 cm³/mol. The van der Waals surface area contributed by atoms with Gasteiger partial charge in [0.15, 0.2) is 0 Å². The molecule has 1 amide bonds. The normalized spacial score (nSPS) is 16.0. The summed E-state index contributed by atoms with van der Waals surface area (Å²) < 4.78 is 0. The minimum absolute atomic E-state index is 0.0604. The van der Waals surface area contributed by atoms with E-state index >= 15 is 0 Å². The summed E-state index contributed by atoms with van der Waals surface area (Å²) in [5, 5.41) is 20.7. The van der Waals surface area contributed by atoms with E-state index in [9.17, 15) is 14.7 Å². The van der Waals surface area contributed by atoms with E-state index < -0.39 is 18.0 Å². The van der Waals surface area contributed by atoms with E-state index in [1.807, 2.05) is 6.92 Å². The molecule has 6 nitrogen and oxygen atoms in total. The van der Waals surface area contributed by atoms with Gasteiger partial charge in [0.05, 0.1) is 12.0 Å². The molecule has 0 saturated heterocycles. The van der Waals surface area contributed by atoms with E-state index in [4.69, 9.17) is 10.8 Å². The molecule has 0 bridgehead atoms. The van der Waals surface area contributed by atoms with Crippen molar-refractivity contribution in [1.82, 2.24) is 5.32 Å². The zero-order valence-electron chi connectivity index (χ0n) is 10.4. The number of amides is 1. The number of rotatable bonds is 8. The molecule has 2 unspecified atom stereocenters. The summed E-state index contributed by atoms with van der Waals surface area (Å²) in [5.41, 5.74) is 4.00. The van der Waals surface area contributed by atoms with Crippen LogP contribution in [0.25, 0.3) is 0 Å². The first-order chi connectivity index (χ1) is 7.76. The molecular weight excluding hydrogens is 224 g/mol. The quantitative estimate of drug-likeness (QED) is 0.470. The molecule has 0 aliphatic carbocycles. The molecule has 6 heteroatoms. The molecule has 0 aromatic carbocycles. The van der Waals surface area contributed by atoms with Gasteiger partial charge in [-0.3, -0.25) is 9.59 Å². The summed E-state index contributed by atoms with van der Waals surface area (Å²) in [4.78, 5) is 21.8. The lowest BCUT2D eigenvalue weighted by molar-refractivity contribution is -0.142. The zero-order valence-corrected chi connectivity index (χ0v) is 10.4. The molecule has 0 fully saturated rings. The first-order valence-electron chi connectivity index (χ1n) is 5.68. The topological polar surface area (TPSA) is 113 Å². The van der Waals surface area contributed by atoms with E-state index in [0.29, 0.717) is 19.4 Å². The zero-order chi connectivity index (χ0) is 13.5. The Labute approximate surface area is 101 Å². The third-order valence-electron chi connectivity index (χ3n) is 2.47. The van der Waals surface area contributed by atoms with Gasteiger partial charge in [-0.15, -0.1) is 0 Å². The van der Waals surface area contributed by atoms with Crippen molar-refractivity contribution in [2.75, 3.05) is 13.1 Å². The number of aliphatic carboxylic acids is 1. The fourth-order valence-corrected chi connectivity index (χ4v) is 1.26. The van der Waals surface area contributed by atoms with Gasteiger partial charge in [0, 0.05) is 13.0 Å². The molecule has 0 spiro atoms. The summed E-state index contributed by atoms with van der Waals surface area (Å²) in [7, 11) is 0. The van der Waals surface area contributed by atoms with E-state index in [1.54, 1.807) is 0 Å². The number of nitrogens with one attached hydrogen (secondary N) is 1. The lowest BCUT2D eigenvalue weighted by Gasteiger charge is -2.21. The van der Waals surface area contributed by atoms with Gasteiger partial charge in [0.2, 0.25) is 5.91 Å². The number of hydrogen-bond donors (Lipinski definition) is 4. The second kappa shape index (κ2) is 7.24. The van der Waals surface area contributed by atoms with E-state index in [2.05, 4.69) is 5.32 Å². The Kier molecular flexibility index (Phi) is 6.75. The standard InChI is InChI=1S/C11H22N2O4/c1-8(6-12)3-4-9(14)13-7-11(2,17)5-10(15)16/h8,17H,3-7,12H2,1-2H3,(H,13,14)(H,15,16). The van der Waals surface area contributed by atoms with Gasteiger partial charge in [-0.1, -0.05) is 6.92 Å². The van der Waals surface area contributed by atoms with Crippen LogP contribution < -0.4 is 11.1 Å². The van der Waals surface area contributed by atoms with Crippen LogP contribution in [-0.4, -0.2) is 40.8 Å². The van der Waals surface area contributed by atoms with Crippen LogP contribution in [0.4, 0.5) is 0 Å². The monoisotopic (exact) mass is 246 g/mol. The Bertz CT molecular complexity index is 266. The summed E-state index contributed by atoms with van der Waals surface area (Å²) in [6.45, 7) is 3.80. The van der Waals surface area contributed by atoms with Crippen LogP contribution in [0.5, 0.6) is 0 Å². The van der Waals surface area contributed by atoms with Crippen molar-refractivity contribution < 1.29 is 19.8 Å². The molecular formula is C11H22N2O4. The maximum Gasteiger partial charge on any atom is 0.306 e. The molecule has 0 saturated carbocycles. The molecule has 0 rings (SSSR count). The van der Waals surface area contributed by atoms with Gasteiger partial charge in [0.25, 0.3) is 0 Å². The van der Waals surface area contributed by atoms with Crippen molar-refractivity contribution in [3.63, 3.8) is 0 Å². The van der Waals surface area contributed by atoms with Gasteiger partial charge in [-0.25, -0.2) is 0 Å². The Morgan fingerprint density at radius 2 is 2.06 bits per heavy atom. The van der Waals surface area contributed by atoms with Gasteiger partial charge in [0.1, 0.15) is 0 Å². The Balaban J connectivity index is 3.86. The molecule has 100 valence electrons. The third-order valence-corrected chi connectivity index (χ3v) is 2.47. The smallest absolute Gasteiger partial charge is 0.306 e. The van der Waals surface area contributed by atoms with Crippen molar-refractivity contribution in [2.45, 2.75) is 38.7 Å². The second-order valence-electron chi connectivity index (χ2n) is 4.72. The molecule has 5 N–H and O–H groups in total. The highest BCUT2D eigenvalue weighted by Gasteiger charge is 2.24. The molecule has 2 atom stereocenters.